The molecule has 2 aromatic heterocycles. The molecule has 114 valence electrons. The number of para-hydroxylation sites is 1. The van der Waals surface area contributed by atoms with Gasteiger partial charge in [0.15, 0.2) is 0 Å². The molecule has 2 heterocycles. The quantitative estimate of drug-likeness (QED) is 0.648. The van der Waals surface area contributed by atoms with Crippen LogP contribution in [0.3, 0.4) is 0 Å². The highest BCUT2D eigenvalue weighted by molar-refractivity contribution is 5.93. The Morgan fingerprint density at radius 3 is 2.73 bits per heavy atom. The first-order valence-electron chi connectivity index (χ1n) is 7.08. The van der Waals surface area contributed by atoms with E-state index in [1.54, 1.807) is 24.5 Å². The minimum Gasteiger partial charge on any atom is -1.00 e. The van der Waals surface area contributed by atoms with Gasteiger partial charge in [0, 0.05) is 41.6 Å². The van der Waals surface area contributed by atoms with E-state index in [1.165, 1.54) is 10.9 Å². The Labute approximate surface area is 135 Å². The molecule has 0 aliphatic rings. The van der Waals surface area contributed by atoms with Crippen LogP contribution in [0, 0.1) is 0 Å². The van der Waals surface area contributed by atoms with E-state index in [2.05, 4.69) is 33.6 Å². The molecule has 4 nitrogen and oxygen atoms in total. The van der Waals surface area contributed by atoms with E-state index >= 15 is 0 Å². The highest BCUT2D eigenvalue weighted by Crippen LogP contribution is 2.18. The Hall–Kier alpha value is -2.33. The summed E-state index contributed by atoms with van der Waals surface area (Å²) in [5, 5.41) is 4.19. The largest absolute Gasteiger partial charge is 1.00 e. The van der Waals surface area contributed by atoms with Gasteiger partial charge in [0.25, 0.3) is 5.91 Å². The maximum Gasteiger partial charge on any atom is 0.251 e. The second-order valence-corrected chi connectivity index (χ2v) is 4.95. The third-order valence-corrected chi connectivity index (χ3v) is 3.53. The third-order valence-electron chi connectivity index (χ3n) is 3.53. The number of rotatable bonds is 5. The molecular formula is C17H17ClN3O-. The number of H-pyrrole nitrogens is 1. The number of carbonyl (C=O) groups is 1. The highest BCUT2D eigenvalue weighted by atomic mass is 35.5. The van der Waals surface area contributed by atoms with Crippen molar-refractivity contribution >= 4 is 16.8 Å². The predicted molar refractivity (Wildman–Crippen MR) is 83.2 cm³/mol. The van der Waals surface area contributed by atoms with Crippen molar-refractivity contribution in [2.75, 3.05) is 6.54 Å². The molecule has 0 fully saturated rings. The van der Waals surface area contributed by atoms with Crippen molar-refractivity contribution in [2.24, 2.45) is 0 Å². The van der Waals surface area contributed by atoms with E-state index in [9.17, 15) is 4.79 Å². The number of aromatic nitrogens is 2. The Morgan fingerprint density at radius 2 is 1.91 bits per heavy atom. The van der Waals surface area contributed by atoms with Crippen molar-refractivity contribution in [3.05, 3.63) is 66.1 Å². The molecule has 0 atom stereocenters. The number of benzene rings is 1. The SMILES string of the molecule is O=C(NCCCc1c[nH]c2ccccc12)c1ccncc1.[Cl-]. The topological polar surface area (TPSA) is 57.8 Å². The zero-order chi connectivity index (χ0) is 14.5. The number of hydrogen-bond donors (Lipinski definition) is 2. The van der Waals surface area contributed by atoms with Gasteiger partial charge in [-0.05, 0) is 36.6 Å². The van der Waals surface area contributed by atoms with E-state index in [1.807, 2.05) is 12.1 Å². The summed E-state index contributed by atoms with van der Waals surface area (Å²) in [6, 6.07) is 11.7. The number of aryl methyl sites for hydroxylation is 1. The van der Waals surface area contributed by atoms with Crippen LogP contribution in [0.5, 0.6) is 0 Å². The fraction of sp³-hybridized carbons (Fsp3) is 0.176. The van der Waals surface area contributed by atoms with Crippen molar-refractivity contribution in [3.63, 3.8) is 0 Å². The van der Waals surface area contributed by atoms with Gasteiger partial charge in [-0.2, -0.15) is 0 Å². The van der Waals surface area contributed by atoms with E-state index in [0.29, 0.717) is 12.1 Å². The lowest BCUT2D eigenvalue weighted by molar-refractivity contribution is -0.0000126. The van der Waals surface area contributed by atoms with Crippen LogP contribution in [0.4, 0.5) is 0 Å². The molecule has 5 heteroatoms. The Morgan fingerprint density at radius 1 is 1.14 bits per heavy atom. The number of amides is 1. The predicted octanol–water partition coefficient (Wildman–Crippen LogP) is -0.0705. The molecule has 0 aliphatic carbocycles. The molecule has 2 N–H and O–H groups in total. The van der Waals surface area contributed by atoms with Crippen molar-refractivity contribution in [1.29, 1.82) is 0 Å². The summed E-state index contributed by atoms with van der Waals surface area (Å²) in [4.78, 5) is 19.0. The zero-order valence-electron chi connectivity index (χ0n) is 12.1. The fourth-order valence-electron chi connectivity index (χ4n) is 2.42. The summed E-state index contributed by atoms with van der Waals surface area (Å²) >= 11 is 0. The normalized spacial score (nSPS) is 10.2. The van der Waals surface area contributed by atoms with Crippen LogP contribution in [0.15, 0.2) is 55.0 Å². The average Bonchev–Trinajstić information content (AvgIpc) is 2.95. The lowest BCUT2D eigenvalue weighted by atomic mass is 10.1. The first-order valence-corrected chi connectivity index (χ1v) is 7.08. The molecule has 1 aromatic carbocycles. The van der Waals surface area contributed by atoms with Crippen molar-refractivity contribution < 1.29 is 17.2 Å². The second kappa shape index (κ2) is 7.61. The number of hydrogen-bond acceptors (Lipinski definition) is 2. The van der Waals surface area contributed by atoms with Gasteiger partial charge in [0.2, 0.25) is 0 Å². The molecule has 0 saturated carbocycles. The minimum absolute atomic E-state index is 0. The van der Waals surface area contributed by atoms with E-state index in [4.69, 9.17) is 0 Å². The standard InChI is InChI=1S/C17H17N3O.ClH/c21-17(13-7-10-18-11-8-13)19-9-3-4-14-12-20-16-6-2-1-5-15(14)16;/h1-2,5-8,10-12,20H,3-4,9H2,(H,19,21);1H/p-1. The Kier molecular flexibility index (Phi) is 5.55. The molecule has 3 aromatic rings. The van der Waals surface area contributed by atoms with E-state index in [-0.39, 0.29) is 18.3 Å². The number of halogens is 1. The molecule has 3 rings (SSSR count). The molecular weight excluding hydrogens is 298 g/mol. The average molecular weight is 315 g/mol. The molecule has 1 amide bonds. The first-order chi connectivity index (χ1) is 10.3. The van der Waals surface area contributed by atoms with Crippen molar-refractivity contribution in [3.8, 4) is 0 Å². The summed E-state index contributed by atoms with van der Waals surface area (Å²) in [7, 11) is 0. The van der Waals surface area contributed by atoms with Crippen LogP contribution < -0.4 is 17.7 Å². The Bertz CT molecular complexity index is 740. The monoisotopic (exact) mass is 314 g/mol. The highest BCUT2D eigenvalue weighted by Gasteiger charge is 2.05. The van der Waals surface area contributed by atoms with Gasteiger partial charge < -0.3 is 22.7 Å². The summed E-state index contributed by atoms with van der Waals surface area (Å²) in [5.41, 5.74) is 3.11. The first kappa shape index (κ1) is 16.0. The van der Waals surface area contributed by atoms with Gasteiger partial charge >= 0.3 is 0 Å². The van der Waals surface area contributed by atoms with Crippen LogP contribution in [0.1, 0.15) is 22.3 Å². The van der Waals surface area contributed by atoms with Crippen LogP contribution in [0.25, 0.3) is 10.9 Å². The van der Waals surface area contributed by atoms with Crippen molar-refractivity contribution in [2.45, 2.75) is 12.8 Å². The van der Waals surface area contributed by atoms with Crippen LogP contribution in [-0.2, 0) is 6.42 Å². The van der Waals surface area contributed by atoms with Gasteiger partial charge in [-0.25, -0.2) is 0 Å². The van der Waals surface area contributed by atoms with Crippen molar-refractivity contribution in [1.82, 2.24) is 15.3 Å². The van der Waals surface area contributed by atoms with E-state index in [0.717, 1.165) is 18.4 Å². The summed E-state index contributed by atoms with van der Waals surface area (Å²) in [6.45, 7) is 0.667. The Balaban J connectivity index is 0.00000176. The number of nitrogens with one attached hydrogen (secondary N) is 2. The van der Waals surface area contributed by atoms with Gasteiger partial charge in [-0.15, -0.1) is 0 Å². The second-order valence-electron chi connectivity index (χ2n) is 4.95. The number of nitrogens with zero attached hydrogens (tertiary/aromatic N) is 1. The lowest BCUT2D eigenvalue weighted by Crippen LogP contribution is -3.00. The lowest BCUT2D eigenvalue weighted by Gasteiger charge is -2.04. The van der Waals surface area contributed by atoms with Gasteiger partial charge in [-0.1, -0.05) is 18.2 Å². The van der Waals surface area contributed by atoms with Gasteiger partial charge in [0.1, 0.15) is 0 Å². The summed E-state index contributed by atoms with van der Waals surface area (Å²) in [6.07, 6.45) is 7.16. The molecule has 0 spiro atoms. The maximum atomic E-state index is 11.9. The summed E-state index contributed by atoms with van der Waals surface area (Å²) in [5.74, 6) is -0.0451. The molecule has 0 bridgehead atoms. The third kappa shape index (κ3) is 3.65. The smallest absolute Gasteiger partial charge is 0.251 e. The number of pyridine rings is 1. The number of aromatic amines is 1. The molecule has 0 aliphatic heterocycles. The number of carbonyl (C=O) groups excluding carboxylic acids is 1. The van der Waals surface area contributed by atoms with Gasteiger partial charge in [0.05, 0.1) is 0 Å². The molecule has 0 radical (unpaired) electrons. The molecule has 0 saturated heterocycles. The fourth-order valence-corrected chi connectivity index (χ4v) is 2.42. The van der Waals surface area contributed by atoms with Gasteiger partial charge in [-0.3, -0.25) is 9.78 Å². The van der Waals surface area contributed by atoms with Crippen LogP contribution >= 0.6 is 0 Å². The molecule has 0 unspecified atom stereocenters. The summed E-state index contributed by atoms with van der Waals surface area (Å²) < 4.78 is 0. The minimum atomic E-state index is -0.0451. The van der Waals surface area contributed by atoms with Crippen LogP contribution in [0.2, 0.25) is 0 Å². The van der Waals surface area contributed by atoms with Crippen LogP contribution in [-0.4, -0.2) is 22.4 Å². The maximum absolute atomic E-state index is 11.9. The molecule has 22 heavy (non-hydrogen) atoms. The zero-order valence-corrected chi connectivity index (χ0v) is 12.8. The number of fused-ring (bicyclic) bond motifs is 1. The van der Waals surface area contributed by atoms with E-state index < -0.39 is 0 Å².